The number of nitro benzene ring substituents is 1. The van der Waals surface area contributed by atoms with Gasteiger partial charge in [0.2, 0.25) is 0 Å². The highest BCUT2D eigenvalue weighted by molar-refractivity contribution is 6.48. The minimum atomic E-state index is -1.25. The lowest BCUT2D eigenvalue weighted by Gasteiger charge is -2.14. The molecule has 2 aromatic rings. The first-order valence-corrected chi connectivity index (χ1v) is 8.58. The van der Waals surface area contributed by atoms with Crippen LogP contribution in [0.2, 0.25) is 20.1 Å². The molecule has 0 saturated carbocycles. The summed E-state index contributed by atoms with van der Waals surface area (Å²) in [5.74, 6) is -1.72. The van der Waals surface area contributed by atoms with E-state index in [1.807, 2.05) is 0 Å². The van der Waals surface area contributed by atoms with E-state index >= 15 is 0 Å². The Labute approximate surface area is 172 Å². The van der Waals surface area contributed by atoms with Gasteiger partial charge in [-0.1, -0.05) is 46.4 Å². The Kier molecular flexibility index (Phi) is 6.83. The van der Waals surface area contributed by atoms with Crippen LogP contribution in [0.1, 0.15) is 17.4 Å². The second-order valence-corrected chi connectivity index (χ2v) is 6.61. The van der Waals surface area contributed by atoms with E-state index in [1.165, 1.54) is 13.0 Å². The van der Waals surface area contributed by atoms with E-state index in [9.17, 15) is 19.7 Å². The summed E-state index contributed by atoms with van der Waals surface area (Å²) in [5, 5.41) is 12.8. The monoisotopic (exact) mass is 451 g/mol. The van der Waals surface area contributed by atoms with Gasteiger partial charge in [0.25, 0.3) is 11.6 Å². The van der Waals surface area contributed by atoms with Gasteiger partial charge in [-0.2, -0.15) is 0 Å². The van der Waals surface area contributed by atoms with Crippen molar-refractivity contribution in [3.63, 3.8) is 0 Å². The number of rotatable bonds is 5. The van der Waals surface area contributed by atoms with E-state index in [0.717, 1.165) is 18.3 Å². The number of esters is 1. The van der Waals surface area contributed by atoms with Crippen molar-refractivity contribution in [1.29, 1.82) is 0 Å². The van der Waals surface area contributed by atoms with Gasteiger partial charge in [-0.15, -0.1) is 0 Å². The zero-order valence-electron chi connectivity index (χ0n) is 13.3. The number of nitrogens with zero attached hydrogens (tertiary/aromatic N) is 2. The molecule has 12 heteroatoms. The van der Waals surface area contributed by atoms with Gasteiger partial charge in [0.1, 0.15) is 0 Å². The van der Waals surface area contributed by atoms with E-state index in [-0.39, 0.29) is 37.2 Å². The smallest absolute Gasteiger partial charge is 0.359 e. The fourth-order valence-electron chi connectivity index (χ4n) is 1.81. The maximum absolute atomic E-state index is 12.2. The average molecular weight is 453 g/mol. The van der Waals surface area contributed by atoms with Gasteiger partial charge >= 0.3 is 5.97 Å². The quantitative estimate of drug-likeness (QED) is 0.396. The maximum atomic E-state index is 12.2. The van der Waals surface area contributed by atoms with Gasteiger partial charge < -0.3 is 10.1 Å². The number of pyridine rings is 1. The number of nitro groups is 1. The van der Waals surface area contributed by atoms with E-state index in [0.29, 0.717) is 0 Å². The standard InChI is InChI=1S/C15H9Cl4N3O5/c1-6(27-15(24)13-12(19)11(18)9(17)5-20-13)14(23)21-10-3-2-7(22(25)26)4-8(10)16/h2-6H,1H3,(H,21,23). The first kappa shape index (κ1) is 21.2. The number of aromatic nitrogens is 1. The second kappa shape index (κ2) is 8.71. The molecule has 1 aromatic heterocycles. The van der Waals surface area contributed by atoms with Crippen molar-refractivity contribution in [2.75, 3.05) is 5.32 Å². The Hall–Kier alpha value is -2.13. The summed E-state index contributed by atoms with van der Waals surface area (Å²) in [5.41, 5.74) is -0.433. The van der Waals surface area contributed by atoms with Gasteiger partial charge in [0.15, 0.2) is 11.8 Å². The van der Waals surface area contributed by atoms with Crippen LogP contribution in [-0.4, -0.2) is 27.9 Å². The number of amides is 1. The Bertz CT molecular complexity index is 938. The number of anilines is 1. The van der Waals surface area contributed by atoms with Crippen molar-refractivity contribution in [2.45, 2.75) is 13.0 Å². The van der Waals surface area contributed by atoms with E-state index in [4.69, 9.17) is 51.1 Å². The van der Waals surface area contributed by atoms with Crippen molar-refractivity contribution < 1.29 is 19.2 Å². The van der Waals surface area contributed by atoms with Gasteiger partial charge in [0, 0.05) is 18.3 Å². The maximum Gasteiger partial charge on any atom is 0.359 e. The van der Waals surface area contributed by atoms with Crippen LogP contribution in [0.4, 0.5) is 11.4 Å². The molecule has 1 unspecified atom stereocenters. The molecule has 142 valence electrons. The molecule has 0 saturated heterocycles. The Morgan fingerprint density at radius 3 is 2.44 bits per heavy atom. The molecule has 0 aliphatic carbocycles. The summed E-state index contributed by atoms with van der Waals surface area (Å²) < 4.78 is 5.00. The molecule has 0 fully saturated rings. The summed E-state index contributed by atoms with van der Waals surface area (Å²) >= 11 is 23.4. The molecule has 27 heavy (non-hydrogen) atoms. The van der Waals surface area contributed by atoms with Crippen molar-refractivity contribution in [2.24, 2.45) is 0 Å². The topological polar surface area (TPSA) is 111 Å². The predicted molar refractivity (Wildman–Crippen MR) is 101 cm³/mol. The Morgan fingerprint density at radius 1 is 1.19 bits per heavy atom. The number of halogens is 4. The van der Waals surface area contributed by atoms with Crippen LogP contribution in [0.5, 0.6) is 0 Å². The SMILES string of the molecule is CC(OC(=O)c1ncc(Cl)c(Cl)c1Cl)C(=O)Nc1ccc([N+](=O)[O-])cc1Cl. The molecule has 8 nitrogen and oxygen atoms in total. The molecule has 0 spiro atoms. The molecule has 0 aliphatic rings. The lowest BCUT2D eigenvalue weighted by atomic mass is 10.2. The molecule has 0 radical (unpaired) electrons. The molecule has 2 rings (SSSR count). The molecule has 0 aliphatic heterocycles. The fraction of sp³-hybridized carbons (Fsp3) is 0.133. The number of benzene rings is 1. The van der Waals surface area contributed by atoms with Crippen LogP contribution in [0, 0.1) is 10.1 Å². The second-order valence-electron chi connectivity index (χ2n) is 5.04. The van der Waals surface area contributed by atoms with E-state index < -0.39 is 22.9 Å². The number of carbonyl (C=O) groups excluding carboxylic acids is 2. The number of hydrogen-bond donors (Lipinski definition) is 1. The zero-order chi connectivity index (χ0) is 20.3. The van der Waals surface area contributed by atoms with E-state index in [1.54, 1.807) is 0 Å². The minimum absolute atomic E-state index is 0.0507. The summed E-state index contributed by atoms with van der Waals surface area (Å²) in [6, 6.07) is 3.50. The van der Waals surface area contributed by atoms with Crippen LogP contribution < -0.4 is 5.32 Å². The van der Waals surface area contributed by atoms with Gasteiger partial charge in [-0.25, -0.2) is 9.78 Å². The number of nitrogens with one attached hydrogen (secondary N) is 1. The van der Waals surface area contributed by atoms with Crippen LogP contribution in [-0.2, 0) is 9.53 Å². The largest absolute Gasteiger partial charge is 0.448 e. The van der Waals surface area contributed by atoms with Crippen LogP contribution >= 0.6 is 46.4 Å². The Balaban J connectivity index is 2.09. The lowest BCUT2D eigenvalue weighted by Crippen LogP contribution is -2.30. The van der Waals surface area contributed by atoms with Crippen LogP contribution in [0.25, 0.3) is 0 Å². The summed E-state index contributed by atoms with van der Waals surface area (Å²) in [6.07, 6.45) is -0.135. The van der Waals surface area contributed by atoms with Gasteiger partial charge in [0.05, 0.1) is 30.7 Å². The molecule has 1 amide bonds. The van der Waals surface area contributed by atoms with Crippen molar-refractivity contribution in [3.8, 4) is 0 Å². The van der Waals surface area contributed by atoms with E-state index in [2.05, 4.69) is 10.3 Å². The summed E-state index contributed by atoms with van der Waals surface area (Å²) in [4.78, 5) is 38.1. The van der Waals surface area contributed by atoms with Crippen LogP contribution in [0.3, 0.4) is 0 Å². The molecule has 1 atom stereocenters. The number of ether oxygens (including phenoxy) is 1. The van der Waals surface area contributed by atoms with Crippen LogP contribution in [0.15, 0.2) is 24.4 Å². The van der Waals surface area contributed by atoms with Gasteiger partial charge in [-0.05, 0) is 13.0 Å². The minimum Gasteiger partial charge on any atom is -0.448 e. The summed E-state index contributed by atoms with van der Waals surface area (Å²) in [6.45, 7) is 1.30. The van der Waals surface area contributed by atoms with Crippen molar-refractivity contribution in [1.82, 2.24) is 4.98 Å². The first-order chi connectivity index (χ1) is 12.6. The number of hydrogen-bond acceptors (Lipinski definition) is 6. The molecular formula is C15H9Cl4N3O5. The van der Waals surface area contributed by atoms with Crippen molar-refractivity contribution >= 4 is 69.7 Å². The molecule has 1 aromatic carbocycles. The number of non-ortho nitro benzene ring substituents is 1. The third-order valence-electron chi connectivity index (χ3n) is 3.19. The highest BCUT2D eigenvalue weighted by Crippen LogP contribution is 2.31. The highest BCUT2D eigenvalue weighted by atomic mass is 35.5. The average Bonchev–Trinajstić information content (AvgIpc) is 2.61. The predicted octanol–water partition coefficient (Wildman–Crippen LogP) is 4.79. The third kappa shape index (κ3) is 4.98. The molecule has 0 bridgehead atoms. The fourth-order valence-corrected chi connectivity index (χ4v) is 2.59. The van der Waals surface area contributed by atoms with Crippen molar-refractivity contribution in [3.05, 3.63) is 60.3 Å². The summed E-state index contributed by atoms with van der Waals surface area (Å²) in [7, 11) is 0. The molecule has 1 heterocycles. The van der Waals surface area contributed by atoms with Gasteiger partial charge in [-0.3, -0.25) is 14.9 Å². The first-order valence-electron chi connectivity index (χ1n) is 7.07. The lowest BCUT2D eigenvalue weighted by molar-refractivity contribution is -0.384. The molecule has 1 N–H and O–H groups in total. The highest BCUT2D eigenvalue weighted by Gasteiger charge is 2.24. The Morgan fingerprint density at radius 2 is 1.85 bits per heavy atom. The number of carbonyl (C=O) groups is 2. The third-order valence-corrected chi connectivity index (χ3v) is 4.74. The normalized spacial score (nSPS) is 11.6. The zero-order valence-corrected chi connectivity index (χ0v) is 16.4. The molecular weight excluding hydrogens is 444 g/mol.